The van der Waals surface area contributed by atoms with Crippen LogP contribution in [0.1, 0.15) is 25.0 Å². The van der Waals surface area contributed by atoms with Crippen LogP contribution in [-0.2, 0) is 4.74 Å². The molecule has 2 N–H and O–H groups in total. The van der Waals surface area contributed by atoms with Crippen LogP contribution in [0.15, 0.2) is 12.1 Å². The molecule has 0 unspecified atom stereocenters. The summed E-state index contributed by atoms with van der Waals surface area (Å²) in [6, 6.07) is 3.47. The fourth-order valence-corrected chi connectivity index (χ4v) is 2.89. The predicted octanol–water partition coefficient (Wildman–Crippen LogP) is 2.04. The molecule has 8 nitrogen and oxygen atoms in total. The van der Waals surface area contributed by atoms with Crippen molar-refractivity contribution in [1.82, 2.24) is 19.9 Å². The van der Waals surface area contributed by atoms with Crippen LogP contribution in [0.2, 0.25) is 0 Å². The topological polar surface area (TPSA) is 83.8 Å². The third-order valence-corrected chi connectivity index (χ3v) is 4.65. The van der Waals surface area contributed by atoms with Gasteiger partial charge in [0.1, 0.15) is 11.6 Å². The maximum atomic E-state index is 12.3. The molecule has 1 aliphatic carbocycles. The van der Waals surface area contributed by atoms with Gasteiger partial charge in [0.15, 0.2) is 5.65 Å². The molecule has 25 heavy (non-hydrogen) atoms. The van der Waals surface area contributed by atoms with E-state index in [1.807, 2.05) is 38.1 Å². The van der Waals surface area contributed by atoms with Gasteiger partial charge < -0.3 is 15.0 Å². The van der Waals surface area contributed by atoms with Crippen LogP contribution in [0.5, 0.6) is 0 Å². The van der Waals surface area contributed by atoms with Crippen LogP contribution < -0.4 is 15.5 Å². The van der Waals surface area contributed by atoms with E-state index in [4.69, 9.17) is 4.74 Å². The average Bonchev–Trinajstić information content (AvgIpc) is 3.23. The minimum absolute atomic E-state index is 0.210. The molecule has 1 saturated carbocycles. The van der Waals surface area contributed by atoms with E-state index in [2.05, 4.69) is 20.7 Å². The summed E-state index contributed by atoms with van der Waals surface area (Å²) in [7, 11) is 5.57. The average molecular weight is 346 g/mol. The molecular formula is C17H26N6O2. The standard InChI is InChI=1S/C17H26N6O2/c1-12-9-14-19-13(10-15(22(2)3)23(14)21-12)20-16(24)18-11-17(5-6-17)7-8-25-4/h9-10H,5-8,11H2,1-4H3,(H2,18,19,20,24). The van der Waals surface area contributed by atoms with Crippen LogP contribution in [0.4, 0.5) is 16.4 Å². The number of hydrogen-bond donors (Lipinski definition) is 2. The highest BCUT2D eigenvalue weighted by Crippen LogP contribution is 2.48. The van der Waals surface area contributed by atoms with Crippen molar-refractivity contribution in [2.75, 3.05) is 44.6 Å². The Balaban J connectivity index is 1.67. The third kappa shape index (κ3) is 4.01. The van der Waals surface area contributed by atoms with E-state index >= 15 is 0 Å². The van der Waals surface area contributed by atoms with E-state index in [-0.39, 0.29) is 11.4 Å². The van der Waals surface area contributed by atoms with E-state index in [1.165, 1.54) is 0 Å². The highest BCUT2D eigenvalue weighted by molar-refractivity contribution is 5.89. The largest absolute Gasteiger partial charge is 0.385 e. The number of fused-ring (bicyclic) bond motifs is 1. The first-order valence-electron chi connectivity index (χ1n) is 8.51. The number of nitrogens with zero attached hydrogens (tertiary/aromatic N) is 4. The predicted molar refractivity (Wildman–Crippen MR) is 97.2 cm³/mol. The Morgan fingerprint density at radius 2 is 2.16 bits per heavy atom. The van der Waals surface area contributed by atoms with Crippen LogP contribution in [0, 0.1) is 12.3 Å². The number of aromatic nitrogens is 3. The Morgan fingerprint density at radius 3 is 2.80 bits per heavy atom. The molecule has 0 spiro atoms. The summed E-state index contributed by atoms with van der Waals surface area (Å²) >= 11 is 0. The molecule has 0 atom stereocenters. The van der Waals surface area contributed by atoms with Crippen LogP contribution in [-0.4, -0.2) is 55.0 Å². The molecule has 0 aromatic carbocycles. The Morgan fingerprint density at radius 1 is 1.40 bits per heavy atom. The van der Waals surface area contributed by atoms with Gasteiger partial charge in [0.25, 0.3) is 0 Å². The normalized spacial score (nSPS) is 15.2. The molecule has 0 bridgehead atoms. The molecule has 0 saturated heterocycles. The van der Waals surface area contributed by atoms with Gasteiger partial charge in [0.05, 0.1) is 5.69 Å². The second kappa shape index (κ2) is 6.87. The molecule has 8 heteroatoms. The summed E-state index contributed by atoms with van der Waals surface area (Å²) in [4.78, 5) is 18.7. The number of rotatable bonds is 7. The highest BCUT2D eigenvalue weighted by atomic mass is 16.5. The van der Waals surface area contributed by atoms with Crippen molar-refractivity contribution in [3.8, 4) is 0 Å². The number of amides is 2. The number of carbonyl (C=O) groups is 1. The first-order chi connectivity index (χ1) is 11.9. The summed E-state index contributed by atoms with van der Waals surface area (Å²) in [5.41, 5.74) is 1.80. The maximum absolute atomic E-state index is 12.3. The van der Waals surface area contributed by atoms with Gasteiger partial charge >= 0.3 is 6.03 Å². The zero-order valence-electron chi connectivity index (χ0n) is 15.3. The fraction of sp³-hybridized carbons (Fsp3) is 0.588. The van der Waals surface area contributed by atoms with Crippen LogP contribution >= 0.6 is 0 Å². The molecule has 2 amide bonds. The van der Waals surface area contributed by atoms with E-state index in [1.54, 1.807) is 11.6 Å². The second-order valence-corrected chi connectivity index (χ2v) is 7.00. The zero-order valence-corrected chi connectivity index (χ0v) is 15.3. The molecule has 1 fully saturated rings. The molecule has 2 aromatic heterocycles. The van der Waals surface area contributed by atoms with Gasteiger partial charge in [-0.2, -0.15) is 9.61 Å². The summed E-state index contributed by atoms with van der Waals surface area (Å²) in [5, 5.41) is 10.2. The zero-order chi connectivity index (χ0) is 18.0. The number of hydrogen-bond acceptors (Lipinski definition) is 5. The van der Waals surface area contributed by atoms with Gasteiger partial charge in [0, 0.05) is 46.5 Å². The number of anilines is 2. The fourth-order valence-electron chi connectivity index (χ4n) is 2.89. The number of methoxy groups -OCH3 is 1. The van der Waals surface area contributed by atoms with Gasteiger partial charge in [-0.25, -0.2) is 9.78 Å². The van der Waals surface area contributed by atoms with Crippen molar-refractivity contribution in [3.63, 3.8) is 0 Å². The molecule has 0 radical (unpaired) electrons. The molecule has 2 heterocycles. The minimum Gasteiger partial charge on any atom is -0.385 e. The van der Waals surface area contributed by atoms with Crippen molar-refractivity contribution in [2.45, 2.75) is 26.2 Å². The summed E-state index contributed by atoms with van der Waals surface area (Å²) < 4.78 is 6.91. The molecule has 3 rings (SSSR count). The van der Waals surface area contributed by atoms with E-state index in [0.29, 0.717) is 18.0 Å². The molecule has 1 aliphatic rings. The number of ether oxygens (including phenoxy) is 1. The van der Waals surface area contributed by atoms with E-state index in [0.717, 1.165) is 37.4 Å². The first-order valence-corrected chi connectivity index (χ1v) is 8.51. The number of carbonyl (C=O) groups excluding carboxylic acids is 1. The third-order valence-electron chi connectivity index (χ3n) is 4.65. The summed E-state index contributed by atoms with van der Waals surface area (Å²) in [6.07, 6.45) is 3.26. The molecule has 2 aromatic rings. The minimum atomic E-state index is -0.235. The number of aryl methyl sites for hydroxylation is 1. The Labute approximate surface area is 147 Å². The van der Waals surface area contributed by atoms with E-state index < -0.39 is 0 Å². The lowest BCUT2D eigenvalue weighted by molar-refractivity contribution is 0.171. The van der Waals surface area contributed by atoms with Crippen molar-refractivity contribution >= 4 is 23.3 Å². The van der Waals surface area contributed by atoms with Gasteiger partial charge in [-0.05, 0) is 31.6 Å². The molecular weight excluding hydrogens is 320 g/mol. The Bertz CT molecular complexity index is 766. The summed E-state index contributed by atoms with van der Waals surface area (Å²) in [5.74, 6) is 1.36. The smallest absolute Gasteiger partial charge is 0.320 e. The SMILES string of the molecule is COCCC1(CNC(=O)Nc2cc(N(C)C)n3nc(C)cc3n2)CC1. The summed E-state index contributed by atoms with van der Waals surface area (Å²) in [6.45, 7) is 3.31. The van der Waals surface area contributed by atoms with Crippen LogP contribution in [0.25, 0.3) is 5.65 Å². The second-order valence-electron chi connectivity index (χ2n) is 7.00. The first kappa shape index (κ1) is 17.5. The highest BCUT2D eigenvalue weighted by Gasteiger charge is 2.42. The lowest BCUT2D eigenvalue weighted by Gasteiger charge is -2.17. The van der Waals surface area contributed by atoms with Gasteiger partial charge in [-0.3, -0.25) is 5.32 Å². The van der Waals surface area contributed by atoms with Crippen molar-refractivity contribution in [3.05, 3.63) is 17.8 Å². The maximum Gasteiger partial charge on any atom is 0.320 e. The lowest BCUT2D eigenvalue weighted by Crippen LogP contribution is -2.34. The number of nitrogens with one attached hydrogen (secondary N) is 2. The Hall–Kier alpha value is -2.35. The quantitative estimate of drug-likeness (QED) is 0.801. The van der Waals surface area contributed by atoms with Crippen molar-refractivity contribution in [1.29, 1.82) is 0 Å². The van der Waals surface area contributed by atoms with Crippen LogP contribution in [0.3, 0.4) is 0 Å². The lowest BCUT2D eigenvalue weighted by atomic mass is 10.0. The molecule has 0 aliphatic heterocycles. The van der Waals surface area contributed by atoms with Crippen molar-refractivity contribution < 1.29 is 9.53 Å². The number of urea groups is 1. The monoisotopic (exact) mass is 346 g/mol. The molecule has 136 valence electrons. The van der Waals surface area contributed by atoms with Gasteiger partial charge in [0.2, 0.25) is 0 Å². The van der Waals surface area contributed by atoms with Crippen molar-refractivity contribution in [2.24, 2.45) is 5.41 Å². The Kier molecular flexibility index (Phi) is 4.80. The van der Waals surface area contributed by atoms with Gasteiger partial charge in [-0.1, -0.05) is 0 Å². The van der Waals surface area contributed by atoms with Gasteiger partial charge in [-0.15, -0.1) is 0 Å². The van der Waals surface area contributed by atoms with E-state index in [9.17, 15) is 4.79 Å².